The van der Waals surface area contributed by atoms with Crippen molar-refractivity contribution in [1.29, 1.82) is 0 Å². The van der Waals surface area contributed by atoms with Gasteiger partial charge in [0, 0.05) is 11.6 Å². The van der Waals surface area contributed by atoms with Crippen molar-refractivity contribution in [1.82, 2.24) is 0 Å². The first kappa shape index (κ1) is 16.5. The van der Waals surface area contributed by atoms with E-state index in [0.717, 1.165) is 6.42 Å². The summed E-state index contributed by atoms with van der Waals surface area (Å²) in [5, 5.41) is 0. The predicted molar refractivity (Wildman–Crippen MR) is 64.1 cm³/mol. The largest absolute Gasteiger partial charge is 1.00 e. The molecule has 0 fully saturated rings. The molecule has 0 saturated carbocycles. The van der Waals surface area contributed by atoms with E-state index in [0.29, 0.717) is 12.4 Å². The third-order valence-electron chi connectivity index (χ3n) is 2.49. The quantitative estimate of drug-likeness (QED) is 0.372. The first-order valence-electron chi connectivity index (χ1n) is 6.12. The average molecular weight is 230 g/mol. The Morgan fingerprint density at radius 2 is 1.82 bits per heavy atom. The maximum Gasteiger partial charge on any atom is 1.00 e. The van der Waals surface area contributed by atoms with Crippen molar-refractivity contribution in [2.45, 2.75) is 45.4 Å². The molecule has 0 N–H and O–H groups in total. The summed E-state index contributed by atoms with van der Waals surface area (Å²) >= 11 is 0. The minimum Gasteiger partial charge on any atom is -0.551 e. The summed E-state index contributed by atoms with van der Waals surface area (Å²) in [7, 11) is 0. The van der Waals surface area contributed by atoms with Crippen molar-refractivity contribution in [2.24, 2.45) is 0 Å². The molecule has 1 rings (SSSR count). The zero-order chi connectivity index (χ0) is 11.6. The van der Waals surface area contributed by atoms with Crippen molar-refractivity contribution in [3.8, 4) is 5.75 Å². The van der Waals surface area contributed by atoms with Gasteiger partial charge in [-0.2, -0.15) is 6.07 Å². The molecule has 0 unspecified atom stereocenters. The molecule has 1 nitrogen and oxygen atoms in total. The monoisotopic (exact) mass is 230 g/mol. The van der Waals surface area contributed by atoms with Crippen LogP contribution in [0.4, 0.5) is 4.39 Å². The van der Waals surface area contributed by atoms with Crippen LogP contribution in [-0.4, -0.2) is 6.61 Å². The number of ether oxygens (including phenoxy) is 1. The van der Waals surface area contributed by atoms with Crippen LogP contribution < -0.4 is 23.6 Å². The Hall–Kier alpha value is -0.453. The third-order valence-corrected chi connectivity index (χ3v) is 2.49. The third kappa shape index (κ3) is 8.29. The molecule has 1 aromatic carbocycles. The second-order valence-electron chi connectivity index (χ2n) is 4.00. The summed E-state index contributed by atoms with van der Waals surface area (Å²) in [5.74, 6) is 0.286. The number of hydrogen-bond donors (Lipinski definition) is 0. The molecule has 0 saturated heterocycles. The molecule has 3 heteroatoms. The van der Waals surface area contributed by atoms with Crippen molar-refractivity contribution in [3.05, 3.63) is 30.1 Å². The van der Waals surface area contributed by atoms with Crippen LogP contribution >= 0.6 is 0 Å². The molecule has 1 aromatic rings. The van der Waals surface area contributed by atoms with Gasteiger partial charge in [0.25, 0.3) is 0 Å². The summed E-state index contributed by atoms with van der Waals surface area (Å²) in [6.07, 6.45) is 7.41. The molecule has 0 amide bonds. The molecule has 0 radical (unpaired) electrons. The molecule has 0 aliphatic heterocycles. The minimum absolute atomic E-state index is 0. The van der Waals surface area contributed by atoms with Crippen LogP contribution in [0.3, 0.4) is 0 Å². The fourth-order valence-electron chi connectivity index (χ4n) is 1.58. The van der Waals surface area contributed by atoms with Crippen LogP contribution in [0.25, 0.3) is 0 Å². The molecule has 0 bridgehead atoms. The van der Waals surface area contributed by atoms with Crippen LogP contribution in [0.5, 0.6) is 5.75 Å². The van der Waals surface area contributed by atoms with E-state index >= 15 is 0 Å². The standard InChI is InChI=1S/C14H20FO.Li/c1-2-3-4-5-6-7-11-16-14-10-8-9-13(15)12-14;/h9-10,12H,2-7,11H2,1H3;/q-1;+1. The second kappa shape index (κ2) is 10.7. The summed E-state index contributed by atoms with van der Waals surface area (Å²) in [6, 6.07) is 7.06. The number of benzene rings is 1. The van der Waals surface area contributed by atoms with E-state index in [9.17, 15) is 4.39 Å². The topological polar surface area (TPSA) is 9.23 Å². The number of rotatable bonds is 8. The van der Waals surface area contributed by atoms with Crippen molar-refractivity contribution < 1.29 is 28.0 Å². The van der Waals surface area contributed by atoms with E-state index in [4.69, 9.17) is 4.74 Å². The molecule has 0 aliphatic carbocycles. The summed E-state index contributed by atoms with van der Waals surface area (Å²) < 4.78 is 18.2. The van der Waals surface area contributed by atoms with Crippen LogP contribution in [0.15, 0.2) is 18.2 Å². The van der Waals surface area contributed by atoms with Gasteiger partial charge in [-0.15, -0.1) is 12.1 Å². The average Bonchev–Trinajstić information content (AvgIpc) is 2.28. The van der Waals surface area contributed by atoms with Gasteiger partial charge >= 0.3 is 18.9 Å². The van der Waals surface area contributed by atoms with Gasteiger partial charge in [0.2, 0.25) is 0 Å². The zero-order valence-corrected chi connectivity index (χ0v) is 11.0. The molecule has 0 atom stereocenters. The summed E-state index contributed by atoms with van der Waals surface area (Å²) in [5.41, 5.74) is 0. The minimum atomic E-state index is -0.291. The summed E-state index contributed by atoms with van der Waals surface area (Å²) in [6.45, 7) is 2.88. The Balaban J connectivity index is 0.00000256. The fourth-order valence-corrected chi connectivity index (χ4v) is 1.58. The zero-order valence-electron chi connectivity index (χ0n) is 11.0. The van der Waals surface area contributed by atoms with Crippen LogP contribution in [0, 0.1) is 11.9 Å². The first-order valence-corrected chi connectivity index (χ1v) is 6.12. The van der Waals surface area contributed by atoms with Gasteiger partial charge in [0.15, 0.2) is 0 Å². The molecule has 0 spiro atoms. The van der Waals surface area contributed by atoms with Gasteiger partial charge in [-0.3, -0.25) is 4.39 Å². The van der Waals surface area contributed by atoms with Crippen LogP contribution in [-0.2, 0) is 0 Å². The Kier molecular flexibility index (Phi) is 10.4. The van der Waals surface area contributed by atoms with Crippen LogP contribution in [0.2, 0.25) is 0 Å². The Morgan fingerprint density at radius 3 is 2.53 bits per heavy atom. The number of hydrogen-bond acceptors (Lipinski definition) is 1. The van der Waals surface area contributed by atoms with E-state index in [2.05, 4.69) is 13.0 Å². The van der Waals surface area contributed by atoms with E-state index in [1.54, 1.807) is 6.07 Å². The van der Waals surface area contributed by atoms with Gasteiger partial charge in [-0.1, -0.05) is 45.1 Å². The van der Waals surface area contributed by atoms with Gasteiger partial charge in [0.05, 0.1) is 6.61 Å². The molecule has 0 aliphatic rings. The van der Waals surface area contributed by atoms with Crippen molar-refractivity contribution >= 4 is 0 Å². The first-order chi connectivity index (χ1) is 7.83. The molecule has 90 valence electrons. The Morgan fingerprint density at radius 1 is 1.12 bits per heavy atom. The Bertz CT molecular complexity index is 291. The molecule has 0 aromatic heterocycles. The molecular weight excluding hydrogens is 210 g/mol. The van der Waals surface area contributed by atoms with Crippen molar-refractivity contribution in [3.63, 3.8) is 0 Å². The summed E-state index contributed by atoms with van der Waals surface area (Å²) in [4.78, 5) is 0. The van der Waals surface area contributed by atoms with Crippen LogP contribution in [0.1, 0.15) is 45.4 Å². The maximum atomic E-state index is 12.8. The van der Waals surface area contributed by atoms with Gasteiger partial charge in [-0.25, -0.2) is 0 Å². The fraction of sp³-hybridized carbons (Fsp3) is 0.571. The van der Waals surface area contributed by atoms with E-state index in [1.165, 1.54) is 44.2 Å². The molecule has 0 heterocycles. The van der Waals surface area contributed by atoms with E-state index in [1.807, 2.05) is 0 Å². The van der Waals surface area contributed by atoms with E-state index < -0.39 is 0 Å². The molecule has 17 heavy (non-hydrogen) atoms. The van der Waals surface area contributed by atoms with Gasteiger partial charge in [-0.05, 0) is 6.42 Å². The Labute approximate surface area is 116 Å². The predicted octanol–water partition coefficient (Wildman–Crippen LogP) is 1.37. The number of unbranched alkanes of at least 4 members (excludes halogenated alkanes) is 5. The SMILES string of the molecule is CCCCCCCCOc1c[c-]cc(F)c1.[Li+]. The second-order valence-corrected chi connectivity index (χ2v) is 4.00. The van der Waals surface area contributed by atoms with E-state index in [-0.39, 0.29) is 24.7 Å². The molecular formula is C14H20FLiO. The van der Waals surface area contributed by atoms with Gasteiger partial charge in [0.1, 0.15) is 0 Å². The smallest absolute Gasteiger partial charge is 0.551 e. The number of halogens is 1. The maximum absolute atomic E-state index is 12.8. The van der Waals surface area contributed by atoms with Crippen molar-refractivity contribution in [2.75, 3.05) is 6.61 Å². The normalized spacial score (nSPS) is 9.76. The van der Waals surface area contributed by atoms with Gasteiger partial charge < -0.3 is 4.74 Å².